The summed E-state index contributed by atoms with van der Waals surface area (Å²) in [5, 5.41) is 0.740. The monoisotopic (exact) mass is 475 g/mol. The zero-order valence-electron chi connectivity index (χ0n) is 23.0. The SMILES string of the molecule is CC.CC.CC.CC1CCc2nc(N)sc2C1.CCCC1CCN(Cc2ccccc2)CC1. The van der Waals surface area contributed by atoms with Crippen LogP contribution in [0.1, 0.15) is 104 Å². The molecule has 0 amide bonds. The normalized spacial score (nSPS) is 17.4. The van der Waals surface area contributed by atoms with Crippen LogP contribution in [-0.2, 0) is 19.4 Å². The summed E-state index contributed by atoms with van der Waals surface area (Å²) in [6.07, 6.45) is 9.18. The molecule has 2 heterocycles. The van der Waals surface area contributed by atoms with Gasteiger partial charge in [-0.2, -0.15) is 0 Å². The van der Waals surface area contributed by atoms with Crippen molar-refractivity contribution >= 4 is 16.5 Å². The number of likely N-dealkylation sites (tertiary alicyclic amines) is 1. The number of rotatable bonds is 4. The molecule has 4 heteroatoms. The summed E-state index contributed by atoms with van der Waals surface area (Å²) >= 11 is 1.66. The predicted octanol–water partition coefficient (Wildman–Crippen LogP) is 8.63. The summed E-state index contributed by atoms with van der Waals surface area (Å²) in [5.41, 5.74) is 8.32. The van der Waals surface area contributed by atoms with E-state index in [1.54, 1.807) is 11.3 Å². The molecule has 0 spiro atoms. The second kappa shape index (κ2) is 20.0. The third-order valence-electron chi connectivity index (χ3n) is 5.86. The summed E-state index contributed by atoms with van der Waals surface area (Å²) in [6, 6.07) is 10.8. The Morgan fingerprint density at radius 1 is 0.970 bits per heavy atom. The molecule has 1 atom stereocenters. The van der Waals surface area contributed by atoms with E-state index in [2.05, 4.69) is 54.1 Å². The average Bonchev–Trinajstić information content (AvgIpc) is 3.24. The molecule has 2 N–H and O–H groups in total. The van der Waals surface area contributed by atoms with Crippen molar-refractivity contribution in [2.24, 2.45) is 11.8 Å². The Bertz CT molecular complexity index is 675. The van der Waals surface area contributed by atoms with E-state index in [1.807, 2.05) is 41.5 Å². The number of piperidine rings is 1. The molecule has 1 aliphatic carbocycles. The van der Waals surface area contributed by atoms with Crippen molar-refractivity contribution in [3.8, 4) is 0 Å². The zero-order chi connectivity index (χ0) is 25.1. The molecule has 1 aromatic carbocycles. The highest BCUT2D eigenvalue weighted by Gasteiger charge is 2.19. The number of hydrogen-bond donors (Lipinski definition) is 1. The van der Waals surface area contributed by atoms with E-state index >= 15 is 0 Å². The van der Waals surface area contributed by atoms with Gasteiger partial charge in [-0.25, -0.2) is 4.98 Å². The number of nitrogens with zero attached hydrogens (tertiary/aromatic N) is 2. The van der Waals surface area contributed by atoms with Gasteiger partial charge in [-0.05, 0) is 62.6 Å². The maximum absolute atomic E-state index is 5.61. The molecule has 2 aliphatic rings. The van der Waals surface area contributed by atoms with Gasteiger partial charge in [0.1, 0.15) is 0 Å². The Morgan fingerprint density at radius 3 is 2.15 bits per heavy atom. The molecule has 1 unspecified atom stereocenters. The van der Waals surface area contributed by atoms with Crippen LogP contribution in [0.5, 0.6) is 0 Å². The zero-order valence-corrected chi connectivity index (χ0v) is 23.8. The molecule has 1 aromatic heterocycles. The molecular formula is C29H53N3S. The van der Waals surface area contributed by atoms with Crippen molar-refractivity contribution in [1.29, 1.82) is 0 Å². The molecule has 190 valence electrons. The fourth-order valence-corrected chi connectivity index (χ4v) is 5.28. The molecule has 1 fully saturated rings. The number of aryl methyl sites for hydroxylation is 1. The maximum Gasteiger partial charge on any atom is 0.180 e. The number of thiazole rings is 1. The first kappa shape index (κ1) is 31.6. The number of hydrogen-bond acceptors (Lipinski definition) is 4. The predicted molar refractivity (Wildman–Crippen MR) is 151 cm³/mol. The van der Waals surface area contributed by atoms with Crippen molar-refractivity contribution in [3.63, 3.8) is 0 Å². The molecule has 1 saturated heterocycles. The highest BCUT2D eigenvalue weighted by atomic mass is 32.1. The first-order chi connectivity index (χ1) is 16.1. The number of fused-ring (bicyclic) bond motifs is 1. The molecule has 3 nitrogen and oxygen atoms in total. The van der Waals surface area contributed by atoms with Gasteiger partial charge in [0.15, 0.2) is 5.13 Å². The second-order valence-electron chi connectivity index (χ2n) is 8.26. The number of benzene rings is 1. The molecule has 1 aliphatic heterocycles. The van der Waals surface area contributed by atoms with E-state index in [0.717, 1.165) is 29.9 Å². The lowest BCUT2D eigenvalue weighted by molar-refractivity contribution is 0.172. The lowest BCUT2D eigenvalue weighted by Crippen LogP contribution is -2.33. The van der Waals surface area contributed by atoms with Gasteiger partial charge in [0, 0.05) is 11.4 Å². The minimum Gasteiger partial charge on any atom is -0.375 e. The summed E-state index contributed by atoms with van der Waals surface area (Å²) in [7, 11) is 0. The van der Waals surface area contributed by atoms with Crippen LogP contribution in [-0.4, -0.2) is 23.0 Å². The van der Waals surface area contributed by atoms with E-state index in [-0.39, 0.29) is 0 Å². The van der Waals surface area contributed by atoms with Crippen molar-refractivity contribution in [2.45, 2.75) is 107 Å². The van der Waals surface area contributed by atoms with Crippen molar-refractivity contribution in [2.75, 3.05) is 18.8 Å². The highest BCUT2D eigenvalue weighted by Crippen LogP contribution is 2.30. The lowest BCUT2D eigenvalue weighted by Gasteiger charge is -2.31. The number of nitrogens with two attached hydrogens (primary N) is 1. The summed E-state index contributed by atoms with van der Waals surface area (Å²) in [6.45, 7) is 20.3. The molecule has 0 bridgehead atoms. The van der Waals surface area contributed by atoms with Gasteiger partial charge in [0.2, 0.25) is 0 Å². The maximum atomic E-state index is 5.61. The van der Waals surface area contributed by atoms with Gasteiger partial charge < -0.3 is 5.73 Å². The van der Waals surface area contributed by atoms with Gasteiger partial charge in [-0.3, -0.25) is 4.90 Å². The van der Waals surface area contributed by atoms with Gasteiger partial charge in [-0.15, -0.1) is 11.3 Å². The van der Waals surface area contributed by atoms with Crippen LogP contribution in [0.2, 0.25) is 0 Å². The minimum absolute atomic E-state index is 0.740. The average molecular weight is 476 g/mol. The number of nitrogen functional groups attached to an aromatic ring is 1. The van der Waals surface area contributed by atoms with Gasteiger partial charge in [0.25, 0.3) is 0 Å². The fourth-order valence-electron chi connectivity index (χ4n) is 4.24. The molecule has 33 heavy (non-hydrogen) atoms. The Kier molecular flexibility index (Phi) is 19.2. The molecule has 0 radical (unpaired) electrons. The molecule has 0 saturated carbocycles. The van der Waals surface area contributed by atoms with Crippen LogP contribution < -0.4 is 5.73 Å². The van der Waals surface area contributed by atoms with E-state index < -0.39 is 0 Å². The van der Waals surface area contributed by atoms with E-state index in [0.29, 0.717) is 0 Å². The Balaban J connectivity index is 0.000000526. The lowest BCUT2D eigenvalue weighted by atomic mass is 9.92. The van der Waals surface area contributed by atoms with Gasteiger partial charge in [-0.1, -0.05) is 98.6 Å². The van der Waals surface area contributed by atoms with Gasteiger partial charge in [0.05, 0.1) is 5.69 Å². The topological polar surface area (TPSA) is 42.1 Å². The first-order valence-electron chi connectivity index (χ1n) is 13.6. The Labute approximate surface area is 210 Å². The van der Waals surface area contributed by atoms with Gasteiger partial charge >= 0.3 is 0 Å². The van der Waals surface area contributed by atoms with Crippen LogP contribution in [0.25, 0.3) is 0 Å². The third kappa shape index (κ3) is 12.6. The van der Waals surface area contributed by atoms with Crippen LogP contribution in [0.3, 0.4) is 0 Å². The molecule has 2 aromatic rings. The van der Waals surface area contributed by atoms with Crippen molar-refractivity contribution in [1.82, 2.24) is 9.88 Å². The van der Waals surface area contributed by atoms with E-state index in [1.165, 1.54) is 67.7 Å². The van der Waals surface area contributed by atoms with Crippen molar-refractivity contribution in [3.05, 3.63) is 46.5 Å². The standard InChI is InChI=1S/C15H23N.C8H12N2S.3C2H6/c1-2-6-14-9-11-16(12-10-14)13-15-7-4-3-5-8-15;1-5-2-3-6-7(4-5)11-8(9)10-6;3*1-2/h3-5,7-8,14H,2,6,9-13H2,1H3;5H,2-4H2,1H3,(H2,9,10);3*1-2H3. The Morgan fingerprint density at radius 2 is 1.58 bits per heavy atom. The van der Waals surface area contributed by atoms with Crippen LogP contribution in [0.4, 0.5) is 5.13 Å². The fraction of sp³-hybridized carbons (Fsp3) is 0.690. The van der Waals surface area contributed by atoms with E-state index in [4.69, 9.17) is 5.73 Å². The molecular weight excluding hydrogens is 422 g/mol. The summed E-state index contributed by atoms with van der Waals surface area (Å²) in [4.78, 5) is 8.30. The first-order valence-corrected chi connectivity index (χ1v) is 14.5. The minimum atomic E-state index is 0.740. The second-order valence-corrected chi connectivity index (χ2v) is 9.38. The van der Waals surface area contributed by atoms with Crippen LogP contribution in [0.15, 0.2) is 30.3 Å². The largest absolute Gasteiger partial charge is 0.375 e. The molecule has 4 rings (SSSR count). The third-order valence-corrected chi connectivity index (χ3v) is 6.80. The quantitative estimate of drug-likeness (QED) is 0.481. The van der Waals surface area contributed by atoms with E-state index in [9.17, 15) is 0 Å². The smallest absolute Gasteiger partial charge is 0.180 e. The van der Waals surface area contributed by atoms with Crippen LogP contribution in [0, 0.1) is 11.8 Å². The summed E-state index contributed by atoms with van der Waals surface area (Å²) in [5.74, 6) is 1.82. The number of aromatic nitrogens is 1. The van der Waals surface area contributed by atoms with Crippen molar-refractivity contribution < 1.29 is 0 Å². The highest BCUT2D eigenvalue weighted by molar-refractivity contribution is 7.15. The summed E-state index contributed by atoms with van der Waals surface area (Å²) < 4.78 is 0. The number of anilines is 1. The van der Waals surface area contributed by atoms with Crippen LogP contribution >= 0.6 is 11.3 Å². The Hall–Kier alpha value is -1.39.